The Morgan fingerprint density at radius 1 is 0.957 bits per heavy atom. The molecule has 0 heterocycles. The van der Waals surface area contributed by atoms with E-state index in [9.17, 15) is 0 Å². The zero-order valence-electron chi connectivity index (χ0n) is 13.5. The second-order valence-electron chi connectivity index (χ2n) is 6.94. The number of allylic oxidation sites excluding steroid dienone is 4. The van der Waals surface area contributed by atoms with Gasteiger partial charge in [0.1, 0.15) is 0 Å². The summed E-state index contributed by atoms with van der Waals surface area (Å²) in [6, 6.07) is 13.6. The number of benzene rings is 2. The molecule has 1 unspecified atom stereocenters. The SMILES string of the molecule is Cc1ccc(C2=c3ccc4c5c3C(C=C2)CC=C5CCC=4)cc1. The summed E-state index contributed by atoms with van der Waals surface area (Å²) in [7, 11) is 0. The molecule has 0 saturated carbocycles. The quantitative estimate of drug-likeness (QED) is 0.739. The molecule has 0 aromatic heterocycles. The van der Waals surface area contributed by atoms with Crippen molar-refractivity contribution in [1.82, 2.24) is 0 Å². The van der Waals surface area contributed by atoms with E-state index in [2.05, 4.69) is 67.6 Å². The topological polar surface area (TPSA) is 0 Å². The van der Waals surface area contributed by atoms with E-state index in [-0.39, 0.29) is 0 Å². The Balaban J connectivity index is 1.88. The maximum Gasteiger partial charge on any atom is 0.00684 e. The molecule has 0 bridgehead atoms. The largest absolute Gasteiger partial charge is 0.0798 e. The normalized spacial score (nSPS) is 20.7. The average Bonchev–Trinajstić information content (AvgIpc) is 2.60. The van der Waals surface area contributed by atoms with Crippen LogP contribution in [0.4, 0.5) is 0 Å². The van der Waals surface area contributed by atoms with Crippen LogP contribution in [-0.4, -0.2) is 0 Å². The molecule has 2 aromatic carbocycles. The maximum absolute atomic E-state index is 2.48. The third kappa shape index (κ3) is 1.91. The molecular weight excluding hydrogens is 276 g/mol. The van der Waals surface area contributed by atoms with Crippen LogP contribution in [0.25, 0.3) is 17.2 Å². The lowest BCUT2D eigenvalue weighted by Crippen LogP contribution is -2.30. The monoisotopic (exact) mass is 296 g/mol. The molecule has 0 heteroatoms. The molecule has 112 valence electrons. The van der Waals surface area contributed by atoms with Crippen molar-refractivity contribution in [3.63, 3.8) is 0 Å². The molecule has 0 fully saturated rings. The summed E-state index contributed by atoms with van der Waals surface area (Å²) in [5, 5.41) is 2.89. The summed E-state index contributed by atoms with van der Waals surface area (Å²) in [5.74, 6) is 0.560. The lowest BCUT2D eigenvalue weighted by molar-refractivity contribution is 0.819. The lowest BCUT2D eigenvalue weighted by atomic mass is 9.74. The van der Waals surface area contributed by atoms with Gasteiger partial charge in [-0.15, -0.1) is 0 Å². The van der Waals surface area contributed by atoms with Crippen molar-refractivity contribution in [3.8, 4) is 0 Å². The van der Waals surface area contributed by atoms with Gasteiger partial charge in [-0.3, -0.25) is 0 Å². The summed E-state index contributed by atoms with van der Waals surface area (Å²) in [6.07, 6.45) is 13.2. The molecule has 0 saturated heterocycles. The van der Waals surface area contributed by atoms with Gasteiger partial charge in [-0.05, 0) is 64.5 Å². The van der Waals surface area contributed by atoms with Crippen LogP contribution >= 0.6 is 0 Å². The Kier molecular flexibility index (Phi) is 2.76. The highest BCUT2D eigenvalue weighted by Gasteiger charge is 2.26. The Hall–Kier alpha value is -2.34. The second kappa shape index (κ2) is 4.83. The van der Waals surface area contributed by atoms with Gasteiger partial charge < -0.3 is 0 Å². The molecular formula is C23H20. The molecule has 1 atom stereocenters. The predicted octanol–water partition coefficient (Wildman–Crippen LogP) is 4.21. The minimum atomic E-state index is 0.560. The van der Waals surface area contributed by atoms with E-state index in [0.717, 1.165) is 6.42 Å². The van der Waals surface area contributed by atoms with Gasteiger partial charge in [-0.1, -0.05) is 66.3 Å². The van der Waals surface area contributed by atoms with Gasteiger partial charge in [0.05, 0.1) is 0 Å². The Morgan fingerprint density at radius 2 is 1.83 bits per heavy atom. The van der Waals surface area contributed by atoms with Crippen molar-refractivity contribution in [1.29, 1.82) is 0 Å². The summed E-state index contributed by atoms with van der Waals surface area (Å²) < 4.78 is 0. The van der Waals surface area contributed by atoms with Crippen LogP contribution in [0.1, 0.15) is 47.4 Å². The first kappa shape index (κ1) is 13.1. The predicted molar refractivity (Wildman–Crippen MR) is 97.6 cm³/mol. The zero-order chi connectivity index (χ0) is 15.4. The highest BCUT2D eigenvalue weighted by Crippen LogP contribution is 2.37. The maximum atomic E-state index is 2.48. The molecule has 5 rings (SSSR count). The van der Waals surface area contributed by atoms with Crippen molar-refractivity contribution in [2.75, 3.05) is 0 Å². The van der Waals surface area contributed by atoms with Crippen LogP contribution in [0.5, 0.6) is 0 Å². The van der Waals surface area contributed by atoms with E-state index in [1.165, 1.54) is 40.0 Å². The smallest absolute Gasteiger partial charge is 0.00684 e. The van der Waals surface area contributed by atoms with Gasteiger partial charge in [0.15, 0.2) is 0 Å². The van der Waals surface area contributed by atoms with Crippen LogP contribution in [-0.2, 0) is 0 Å². The number of aryl methyl sites for hydroxylation is 1. The summed E-state index contributed by atoms with van der Waals surface area (Å²) >= 11 is 0. The molecule has 0 N–H and O–H groups in total. The number of rotatable bonds is 1. The van der Waals surface area contributed by atoms with Crippen LogP contribution in [0.15, 0.2) is 54.6 Å². The molecule has 0 aliphatic heterocycles. The lowest BCUT2D eigenvalue weighted by Gasteiger charge is -2.29. The van der Waals surface area contributed by atoms with Crippen molar-refractivity contribution in [2.45, 2.75) is 32.1 Å². The van der Waals surface area contributed by atoms with E-state index < -0.39 is 0 Å². The van der Waals surface area contributed by atoms with Gasteiger partial charge in [0.25, 0.3) is 0 Å². The van der Waals surface area contributed by atoms with Crippen molar-refractivity contribution >= 4 is 17.2 Å². The Bertz CT molecular complexity index is 982. The van der Waals surface area contributed by atoms with Gasteiger partial charge in [-0.2, -0.15) is 0 Å². The average molecular weight is 296 g/mol. The summed E-state index contributed by atoms with van der Waals surface area (Å²) in [4.78, 5) is 0. The van der Waals surface area contributed by atoms with Crippen LogP contribution < -0.4 is 10.4 Å². The molecule has 0 radical (unpaired) electrons. The Morgan fingerprint density at radius 3 is 2.70 bits per heavy atom. The van der Waals surface area contributed by atoms with Gasteiger partial charge in [-0.25, -0.2) is 0 Å². The highest BCUT2D eigenvalue weighted by molar-refractivity contribution is 5.82. The van der Waals surface area contributed by atoms with E-state index in [1.54, 1.807) is 16.7 Å². The molecule has 3 aliphatic rings. The molecule has 0 nitrogen and oxygen atoms in total. The Labute approximate surface area is 137 Å². The number of hydrogen-bond acceptors (Lipinski definition) is 0. The van der Waals surface area contributed by atoms with E-state index in [1.807, 2.05) is 0 Å². The van der Waals surface area contributed by atoms with Crippen LogP contribution in [0.2, 0.25) is 0 Å². The van der Waals surface area contributed by atoms with Crippen molar-refractivity contribution in [2.24, 2.45) is 0 Å². The number of hydrogen-bond donors (Lipinski definition) is 0. The van der Waals surface area contributed by atoms with Gasteiger partial charge in [0, 0.05) is 5.92 Å². The molecule has 0 amide bonds. The van der Waals surface area contributed by atoms with E-state index >= 15 is 0 Å². The zero-order valence-corrected chi connectivity index (χ0v) is 13.5. The summed E-state index contributed by atoms with van der Waals surface area (Å²) in [6.45, 7) is 2.15. The van der Waals surface area contributed by atoms with Crippen LogP contribution in [0, 0.1) is 6.92 Å². The van der Waals surface area contributed by atoms with Gasteiger partial charge in [0.2, 0.25) is 0 Å². The molecule has 3 aliphatic carbocycles. The minimum Gasteiger partial charge on any atom is -0.0798 e. The van der Waals surface area contributed by atoms with E-state index in [4.69, 9.17) is 0 Å². The van der Waals surface area contributed by atoms with Crippen LogP contribution in [0.3, 0.4) is 0 Å². The third-order valence-electron chi connectivity index (χ3n) is 5.51. The second-order valence-corrected chi connectivity index (χ2v) is 6.94. The fourth-order valence-electron chi connectivity index (χ4n) is 4.35. The first-order valence-corrected chi connectivity index (χ1v) is 8.63. The first-order chi connectivity index (χ1) is 11.3. The van der Waals surface area contributed by atoms with Gasteiger partial charge >= 0.3 is 0 Å². The fraction of sp³-hybridized carbons (Fsp3) is 0.217. The van der Waals surface area contributed by atoms with Crippen molar-refractivity contribution < 1.29 is 0 Å². The molecule has 2 aromatic rings. The summed E-state index contributed by atoms with van der Waals surface area (Å²) in [5.41, 5.74) is 8.73. The molecule has 0 spiro atoms. The highest BCUT2D eigenvalue weighted by atomic mass is 14.3. The first-order valence-electron chi connectivity index (χ1n) is 8.63. The standard InChI is InChI=1S/C23H20/c1-15-5-7-16(8-6-15)20-13-11-19-10-9-17-3-2-4-18-12-14-21(20)23(19)22(17)18/h4-9,11-14,19H,2-3,10H2,1H3. The third-order valence-corrected chi connectivity index (χ3v) is 5.51. The minimum absolute atomic E-state index is 0.560. The van der Waals surface area contributed by atoms with Crippen molar-refractivity contribution in [3.05, 3.63) is 87.3 Å². The molecule has 23 heavy (non-hydrogen) atoms. The van der Waals surface area contributed by atoms with E-state index in [0.29, 0.717) is 5.92 Å². The fourth-order valence-corrected chi connectivity index (χ4v) is 4.35.